The first-order valence-electron chi connectivity index (χ1n) is 6.45. The molecular weight excluding hydrogens is 202 g/mol. The van der Waals surface area contributed by atoms with Crippen LogP contribution in [-0.4, -0.2) is 23.2 Å². The molecule has 0 aromatic carbocycles. The van der Waals surface area contributed by atoms with Crippen molar-refractivity contribution in [1.82, 2.24) is 15.5 Å². The SMILES string of the molecule is C1CNCC(Cc2noc(C3CCC3)n2)C1. The normalized spacial score (nSPS) is 26.6. The van der Waals surface area contributed by atoms with Crippen molar-refractivity contribution < 1.29 is 4.52 Å². The molecule has 3 rings (SSSR count). The van der Waals surface area contributed by atoms with Gasteiger partial charge in [0.05, 0.1) is 0 Å². The van der Waals surface area contributed by atoms with Gasteiger partial charge in [-0.2, -0.15) is 4.98 Å². The molecule has 1 aromatic heterocycles. The van der Waals surface area contributed by atoms with Crippen LogP contribution in [0.1, 0.15) is 49.7 Å². The minimum atomic E-state index is 0.561. The Hall–Kier alpha value is -0.900. The van der Waals surface area contributed by atoms with Gasteiger partial charge in [-0.3, -0.25) is 0 Å². The molecule has 0 amide bonds. The summed E-state index contributed by atoms with van der Waals surface area (Å²) in [5.41, 5.74) is 0. The number of aromatic nitrogens is 2. The highest BCUT2D eigenvalue weighted by Gasteiger charge is 2.26. The van der Waals surface area contributed by atoms with Gasteiger partial charge < -0.3 is 9.84 Å². The number of hydrogen-bond donors (Lipinski definition) is 1. The minimum Gasteiger partial charge on any atom is -0.339 e. The van der Waals surface area contributed by atoms with Crippen molar-refractivity contribution >= 4 is 0 Å². The maximum absolute atomic E-state index is 5.33. The predicted molar refractivity (Wildman–Crippen MR) is 60.2 cm³/mol. The molecule has 88 valence electrons. The summed E-state index contributed by atoms with van der Waals surface area (Å²) in [4.78, 5) is 4.52. The summed E-state index contributed by atoms with van der Waals surface area (Å²) in [6, 6.07) is 0. The fraction of sp³-hybridized carbons (Fsp3) is 0.833. The van der Waals surface area contributed by atoms with Crippen LogP contribution in [0.3, 0.4) is 0 Å². The number of hydrogen-bond acceptors (Lipinski definition) is 4. The quantitative estimate of drug-likeness (QED) is 0.846. The van der Waals surface area contributed by atoms with Gasteiger partial charge in [-0.1, -0.05) is 11.6 Å². The van der Waals surface area contributed by atoms with Gasteiger partial charge in [0, 0.05) is 12.3 Å². The molecule has 1 atom stereocenters. The zero-order chi connectivity index (χ0) is 10.8. The lowest BCUT2D eigenvalue weighted by atomic mass is 9.85. The van der Waals surface area contributed by atoms with E-state index in [1.54, 1.807) is 0 Å². The fourth-order valence-corrected chi connectivity index (χ4v) is 2.53. The van der Waals surface area contributed by atoms with Crippen LogP contribution in [0.4, 0.5) is 0 Å². The van der Waals surface area contributed by atoms with E-state index in [0.717, 1.165) is 31.2 Å². The van der Waals surface area contributed by atoms with E-state index in [-0.39, 0.29) is 0 Å². The smallest absolute Gasteiger partial charge is 0.229 e. The summed E-state index contributed by atoms with van der Waals surface area (Å²) in [5.74, 6) is 3.05. The lowest BCUT2D eigenvalue weighted by Gasteiger charge is -2.21. The third-order valence-corrected chi connectivity index (χ3v) is 3.81. The van der Waals surface area contributed by atoms with Crippen LogP contribution in [0, 0.1) is 5.92 Å². The summed E-state index contributed by atoms with van der Waals surface area (Å²) in [5, 5.41) is 7.52. The van der Waals surface area contributed by atoms with Crippen molar-refractivity contribution in [2.75, 3.05) is 13.1 Å². The van der Waals surface area contributed by atoms with E-state index in [2.05, 4.69) is 15.5 Å². The minimum absolute atomic E-state index is 0.561. The average Bonchev–Trinajstić information content (AvgIpc) is 2.65. The summed E-state index contributed by atoms with van der Waals surface area (Å²) in [6.45, 7) is 2.27. The third-order valence-electron chi connectivity index (χ3n) is 3.81. The van der Waals surface area contributed by atoms with Crippen molar-refractivity contribution in [3.05, 3.63) is 11.7 Å². The second-order valence-corrected chi connectivity index (χ2v) is 5.09. The van der Waals surface area contributed by atoms with Gasteiger partial charge >= 0.3 is 0 Å². The van der Waals surface area contributed by atoms with Crippen molar-refractivity contribution in [1.29, 1.82) is 0 Å². The van der Waals surface area contributed by atoms with Gasteiger partial charge in [0.25, 0.3) is 0 Å². The van der Waals surface area contributed by atoms with E-state index in [0.29, 0.717) is 11.8 Å². The summed E-state index contributed by atoms with van der Waals surface area (Å²) < 4.78 is 5.33. The number of nitrogens with one attached hydrogen (secondary N) is 1. The van der Waals surface area contributed by atoms with Crippen molar-refractivity contribution in [2.45, 2.75) is 44.4 Å². The van der Waals surface area contributed by atoms with Crippen molar-refractivity contribution in [3.8, 4) is 0 Å². The van der Waals surface area contributed by atoms with Gasteiger partial charge in [-0.15, -0.1) is 0 Å². The Bertz CT molecular complexity index is 340. The van der Waals surface area contributed by atoms with Gasteiger partial charge in [-0.25, -0.2) is 0 Å². The van der Waals surface area contributed by atoms with E-state index < -0.39 is 0 Å². The van der Waals surface area contributed by atoms with Crippen LogP contribution in [-0.2, 0) is 6.42 Å². The van der Waals surface area contributed by atoms with Crippen LogP contribution in [0.15, 0.2) is 4.52 Å². The molecule has 1 aliphatic heterocycles. The van der Waals surface area contributed by atoms with Crippen LogP contribution in [0.2, 0.25) is 0 Å². The molecule has 2 fully saturated rings. The molecule has 1 unspecified atom stereocenters. The zero-order valence-electron chi connectivity index (χ0n) is 9.61. The zero-order valence-corrected chi connectivity index (χ0v) is 9.61. The second-order valence-electron chi connectivity index (χ2n) is 5.09. The lowest BCUT2D eigenvalue weighted by molar-refractivity contribution is 0.289. The Kier molecular flexibility index (Phi) is 2.91. The highest BCUT2D eigenvalue weighted by Crippen LogP contribution is 2.35. The highest BCUT2D eigenvalue weighted by molar-refractivity contribution is 4.99. The molecule has 1 N–H and O–H groups in total. The summed E-state index contributed by atoms with van der Waals surface area (Å²) in [7, 11) is 0. The molecule has 1 saturated heterocycles. The topological polar surface area (TPSA) is 51.0 Å². The molecule has 2 heterocycles. The van der Waals surface area contributed by atoms with Crippen molar-refractivity contribution in [3.63, 3.8) is 0 Å². The third kappa shape index (κ3) is 2.12. The number of piperidine rings is 1. The first-order chi connectivity index (χ1) is 7.92. The molecule has 1 saturated carbocycles. The molecule has 2 aliphatic rings. The Morgan fingerprint density at radius 2 is 2.19 bits per heavy atom. The summed E-state index contributed by atoms with van der Waals surface area (Å²) >= 11 is 0. The highest BCUT2D eigenvalue weighted by atomic mass is 16.5. The van der Waals surface area contributed by atoms with Crippen LogP contribution >= 0.6 is 0 Å². The van der Waals surface area contributed by atoms with E-state index >= 15 is 0 Å². The van der Waals surface area contributed by atoms with Crippen LogP contribution in [0.25, 0.3) is 0 Å². The van der Waals surface area contributed by atoms with Crippen molar-refractivity contribution in [2.24, 2.45) is 5.92 Å². The molecule has 16 heavy (non-hydrogen) atoms. The average molecular weight is 221 g/mol. The molecule has 0 spiro atoms. The van der Waals surface area contributed by atoms with Crippen LogP contribution in [0.5, 0.6) is 0 Å². The number of nitrogens with zero attached hydrogens (tertiary/aromatic N) is 2. The Labute approximate surface area is 95.8 Å². The molecule has 4 heteroatoms. The van der Waals surface area contributed by atoms with Gasteiger partial charge in [0.1, 0.15) is 0 Å². The van der Waals surface area contributed by atoms with E-state index in [4.69, 9.17) is 4.52 Å². The Morgan fingerprint density at radius 1 is 1.25 bits per heavy atom. The molecule has 4 nitrogen and oxygen atoms in total. The van der Waals surface area contributed by atoms with Crippen LogP contribution < -0.4 is 5.32 Å². The maximum Gasteiger partial charge on any atom is 0.229 e. The fourth-order valence-electron chi connectivity index (χ4n) is 2.53. The molecule has 1 aliphatic carbocycles. The van der Waals surface area contributed by atoms with Gasteiger partial charge in [0.15, 0.2) is 5.82 Å². The maximum atomic E-state index is 5.33. The largest absolute Gasteiger partial charge is 0.339 e. The summed E-state index contributed by atoms with van der Waals surface area (Å²) in [6.07, 6.45) is 7.32. The second kappa shape index (κ2) is 4.53. The van der Waals surface area contributed by atoms with E-state index in [9.17, 15) is 0 Å². The molecule has 0 bridgehead atoms. The first kappa shape index (κ1) is 10.3. The Morgan fingerprint density at radius 3 is 2.88 bits per heavy atom. The first-order valence-corrected chi connectivity index (χ1v) is 6.45. The number of rotatable bonds is 3. The standard InChI is InChI=1S/C12H19N3O/c1-4-10(5-1)12-14-11(15-16-12)7-9-3-2-6-13-8-9/h9-10,13H,1-8H2. The molecular formula is C12H19N3O. The van der Waals surface area contributed by atoms with Gasteiger partial charge in [-0.05, 0) is 44.7 Å². The lowest BCUT2D eigenvalue weighted by Crippen LogP contribution is -2.31. The van der Waals surface area contributed by atoms with E-state index in [1.165, 1.54) is 32.1 Å². The predicted octanol–water partition coefficient (Wildman–Crippen LogP) is 1.88. The van der Waals surface area contributed by atoms with E-state index in [1.807, 2.05) is 0 Å². The Balaban J connectivity index is 1.58. The van der Waals surface area contributed by atoms with Gasteiger partial charge in [0.2, 0.25) is 5.89 Å². The molecule has 0 radical (unpaired) electrons. The monoisotopic (exact) mass is 221 g/mol. The molecule has 1 aromatic rings.